The van der Waals surface area contributed by atoms with Gasteiger partial charge in [-0.15, -0.1) is 11.8 Å². The number of hydrogen-bond donors (Lipinski definition) is 1. The number of rotatable bonds is 5. The van der Waals surface area contributed by atoms with E-state index in [2.05, 4.69) is 0 Å². The molecule has 0 amide bonds. The molecule has 0 bridgehead atoms. The van der Waals surface area contributed by atoms with Crippen LogP contribution >= 0.6 is 24.0 Å². The topological polar surface area (TPSA) is 35.2 Å². The van der Waals surface area contributed by atoms with E-state index < -0.39 is 5.82 Å². The van der Waals surface area contributed by atoms with Gasteiger partial charge in [0.25, 0.3) is 0 Å². The van der Waals surface area contributed by atoms with Gasteiger partial charge in [0.15, 0.2) is 0 Å². The van der Waals surface area contributed by atoms with Crippen LogP contribution in [-0.2, 0) is 6.61 Å². The SMILES string of the molecule is CSc1ccccc1OCc1cccc(C(N)=S)c1F. The standard InChI is InChI=1S/C15H14FNOS2/c1-20-13-8-3-2-7-12(13)18-9-10-5-4-6-11(14(10)16)15(17)19/h2-8H,9H2,1H3,(H2,17,19). The van der Waals surface area contributed by atoms with Crippen LogP contribution in [0.15, 0.2) is 47.4 Å². The normalized spacial score (nSPS) is 10.3. The predicted molar refractivity (Wildman–Crippen MR) is 84.8 cm³/mol. The van der Waals surface area contributed by atoms with Crippen molar-refractivity contribution in [3.8, 4) is 5.75 Å². The van der Waals surface area contributed by atoms with Gasteiger partial charge in [0.1, 0.15) is 23.2 Å². The molecule has 2 aromatic carbocycles. The van der Waals surface area contributed by atoms with Crippen molar-refractivity contribution in [2.75, 3.05) is 6.26 Å². The molecule has 0 atom stereocenters. The van der Waals surface area contributed by atoms with E-state index >= 15 is 0 Å². The van der Waals surface area contributed by atoms with Crippen LogP contribution in [-0.4, -0.2) is 11.2 Å². The molecule has 0 aromatic heterocycles. The maximum Gasteiger partial charge on any atom is 0.139 e. The summed E-state index contributed by atoms with van der Waals surface area (Å²) in [6.07, 6.45) is 1.97. The number of thiocarbonyl (C=S) groups is 1. The van der Waals surface area contributed by atoms with Crippen molar-refractivity contribution >= 4 is 29.0 Å². The summed E-state index contributed by atoms with van der Waals surface area (Å²) in [5.74, 6) is 0.321. The molecule has 0 aliphatic carbocycles. The van der Waals surface area contributed by atoms with Gasteiger partial charge in [-0.05, 0) is 24.5 Å². The molecule has 0 aliphatic rings. The minimum Gasteiger partial charge on any atom is -0.488 e. The first-order valence-corrected chi connectivity index (χ1v) is 7.59. The zero-order chi connectivity index (χ0) is 14.5. The Bertz CT molecular complexity index is 631. The van der Waals surface area contributed by atoms with Crippen molar-refractivity contribution in [3.05, 3.63) is 59.4 Å². The number of nitrogens with two attached hydrogens (primary N) is 1. The monoisotopic (exact) mass is 307 g/mol. The Morgan fingerprint density at radius 1 is 1.25 bits per heavy atom. The number of thioether (sulfide) groups is 1. The van der Waals surface area contributed by atoms with Gasteiger partial charge in [0.05, 0.1) is 0 Å². The van der Waals surface area contributed by atoms with E-state index in [9.17, 15) is 4.39 Å². The molecular weight excluding hydrogens is 293 g/mol. The molecule has 2 nitrogen and oxygen atoms in total. The smallest absolute Gasteiger partial charge is 0.139 e. The average Bonchev–Trinajstić information content (AvgIpc) is 2.46. The number of hydrogen-bond acceptors (Lipinski definition) is 3. The lowest BCUT2D eigenvalue weighted by molar-refractivity contribution is 0.293. The van der Waals surface area contributed by atoms with E-state index in [1.807, 2.05) is 30.5 Å². The van der Waals surface area contributed by atoms with Gasteiger partial charge in [-0.25, -0.2) is 4.39 Å². The van der Waals surface area contributed by atoms with E-state index in [4.69, 9.17) is 22.7 Å². The average molecular weight is 307 g/mol. The van der Waals surface area contributed by atoms with E-state index in [-0.39, 0.29) is 17.2 Å². The van der Waals surface area contributed by atoms with Crippen molar-refractivity contribution < 1.29 is 9.13 Å². The molecule has 5 heteroatoms. The molecule has 0 heterocycles. The minimum absolute atomic E-state index is 0.0499. The number of para-hydroxylation sites is 1. The summed E-state index contributed by atoms with van der Waals surface area (Å²) in [5.41, 5.74) is 6.17. The van der Waals surface area contributed by atoms with Gasteiger partial charge in [0.2, 0.25) is 0 Å². The molecule has 0 radical (unpaired) electrons. The largest absolute Gasteiger partial charge is 0.488 e. The maximum absolute atomic E-state index is 14.2. The Labute approximate surface area is 127 Å². The molecule has 0 saturated carbocycles. The summed E-state index contributed by atoms with van der Waals surface area (Å²) in [7, 11) is 0. The van der Waals surface area contributed by atoms with Crippen molar-refractivity contribution in [2.24, 2.45) is 5.73 Å². The third-order valence-corrected chi connectivity index (χ3v) is 3.79. The zero-order valence-electron chi connectivity index (χ0n) is 10.9. The van der Waals surface area contributed by atoms with Gasteiger partial charge in [-0.1, -0.05) is 36.5 Å². The molecule has 20 heavy (non-hydrogen) atoms. The second-order valence-corrected chi connectivity index (χ2v) is 5.37. The van der Waals surface area contributed by atoms with E-state index in [1.165, 1.54) is 0 Å². The van der Waals surface area contributed by atoms with Crippen LogP contribution in [0.2, 0.25) is 0 Å². The zero-order valence-corrected chi connectivity index (χ0v) is 12.6. The summed E-state index contributed by atoms with van der Waals surface area (Å²) >= 11 is 6.40. The summed E-state index contributed by atoms with van der Waals surface area (Å²) in [6.45, 7) is 0.139. The molecule has 0 spiro atoms. The van der Waals surface area contributed by atoms with Crippen molar-refractivity contribution in [2.45, 2.75) is 11.5 Å². The van der Waals surface area contributed by atoms with E-state index in [1.54, 1.807) is 30.0 Å². The second-order valence-electron chi connectivity index (χ2n) is 4.08. The number of halogens is 1. The molecule has 2 aromatic rings. The minimum atomic E-state index is -0.415. The van der Waals surface area contributed by atoms with Crippen molar-refractivity contribution in [1.29, 1.82) is 0 Å². The third kappa shape index (κ3) is 3.29. The van der Waals surface area contributed by atoms with Crippen LogP contribution in [0, 0.1) is 5.82 Å². The Kier molecular flexibility index (Phi) is 4.98. The van der Waals surface area contributed by atoms with Gasteiger partial charge in [-0.2, -0.15) is 0 Å². The highest BCUT2D eigenvalue weighted by Crippen LogP contribution is 2.28. The first kappa shape index (κ1) is 14.8. The first-order valence-electron chi connectivity index (χ1n) is 5.96. The number of benzene rings is 2. The van der Waals surface area contributed by atoms with Gasteiger partial charge < -0.3 is 10.5 Å². The fraction of sp³-hybridized carbons (Fsp3) is 0.133. The summed E-state index contributed by atoms with van der Waals surface area (Å²) in [4.78, 5) is 1.06. The fourth-order valence-electron chi connectivity index (χ4n) is 1.78. The predicted octanol–water partition coefficient (Wildman–Crippen LogP) is 3.76. The van der Waals surface area contributed by atoms with Crippen LogP contribution in [0.4, 0.5) is 4.39 Å². The van der Waals surface area contributed by atoms with Crippen LogP contribution in [0.5, 0.6) is 5.75 Å². The first-order chi connectivity index (χ1) is 9.63. The Balaban J connectivity index is 2.19. The highest BCUT2D eigenvalue weighted by Gasteiger charge is 2.11. The molecular formula is C15H14FNOS2. The highest BCUT2D eigenvalue weighted by atomic mass is 32.2. The third-order valence-electron chi connectivity index (χ3n) is 2.80. The lowest BCUT2D eigenvalue weighted by Gasteiger charge is -2.11. The molecule has 0 unspecified atom stereocenters. The molecule has 104 valence electrons. The second kappa shape index (κ2) is 6.72. The van der Waals surface area contributed by atoms with Crippen LogP contribution in [0.1, 0.15) is 11.1 Å². The Hall–Kier alpha value is -1.59. The van der Waals surface area contributed by atoms with Crippen LogP contribution < -0.4 is 10.5 Å². The van der Waals surface area contributed by atoms with Crippen LogP contribution in [0.25, 0.3) is 0 Å². The molecule has 2 N–H and O–H groups in total. The Morgan fingerprint density at radius 2 is 2.00 bits per heavy atom. The summed E-state index contributed by atoms with van der Waals surface area (Å²) in [5, 5.41) is 0. The molecule has 0 saturated heterocycles. The summed E-state index contributed by atoms with van der Waals surface area (Å²) < 4.78 is 19.8. The maximum atomic E-state index is 14.2. The van der Waals surface area contributed by atoms with Crippen LogP contribution in [0.3, 0.4) is 0 Å². The molecule has 2 rings (SSSR count). The van der Waals surface area contributed by atoms with Gasteiger partial charge in [0, 0.05) is 16.0 Å². The quantitative estimate of drug-likeness (QED) is 0.674. The molecule has 0 fully saturated rings. The van der Waals surface area contributed by atoms with E-state index in [0.717, 1.165) is 10.6 Å². The van der Waals surface area contributed by atoms with Crippen molar-refractivity contribution in [3.63, 3.8) is 0 Å². The lowest BCUT2D eigenvalue weighted by atomic mass is 10.1. The van der Waals surface area contributed by atoms with Crippen molar-refractivity contribution in [1.82, 2.24) is 0 Å². The lowest BCUT2D eigenvalue weighted by Crippen LogP contribution is -2.13. The Morgan fingerprint density at radius 3 is 2.70 bits per heavy atom. The van der Waals surface area contributed by atoms with E-state index in [0.29, 0.717) is 5.56 Å². The molecule has 0 aliphatic heterocycles. The van der Waals surface area contributed by atoms with Gasteiger partial charge >= 0.3 is 0 Å². The number of ether oxygens (including phenoxy) is 1. The highest BCUT2D eigenvalue weighted by molar-refractivity contribution is 7.98. The fourth-order valence-corrected chi connectivity index (χ4v) is 2.48. The summed E-state index contributed by atoms with van der Waals surface area (Å²) in [6, 6.07) is 12.6. The van der Waals surface area contributed by atoms with Gasteiger partial charge in [-0.3, -0.25) is 0 Å².